The fourth-order valence-electron chi connectivity index (χ4n) is 1.76. The third-order valence-electron chi connectivity index (χ3n) is 2.99. The van der Waals surface area contributed by atoms with Gasteiger partial charge in [0.1, 0.15) is 5.76 Å². The van der Waals surface area contributed by atoms with Crippen LogP contribution in [0, 0.1) is 20.8 Å². The molecule has 0 amide bonds. The fraction of sp³-hybridized carbons (Fsp3) is 0.333. The lowest BCUT2D eigenvalue weighted by Crippen LogP contribution is -2.00. The first-order valence-corrected chi connectivity index (χ1v) is 5.47. The first-order chi connectivity index (χ1) is 7.50. The fourth-order valence-corrected chi connectivity index (χ4v) is 1.92. The Morgan fingerprint density at radius 1 is 1.25 bits per heavy atom. The number of H-pyrrole nitrogens is 1. The zero-order valence-electron chi connectivity index (χ0n) is 9.47. The van der Waals surface area contributed by atoms with E-state index in [4.69, 9.17) is 16.0 Å². The zero-order valence-corrected chi connectivity index (χ0v) is 10.2. The Balaban J connectivity index is 2.41. The van der Waals surface area contributed by atoms with Crippen LogP contribution in [0.15, 0.2) is 16.5 Å². The molecule has 0 fully saturated rings. The van der Waals surface area contributed by atoms with Crippen molar-refractivity contribution in [2.75, 3.05) is 0 Å². The molecule has 0 spiro atoms. The molecule has 0 saturated heterocycles. The predicted octanol–water partition coefficient (Wildman–Crippen LogP) is 3.27. The molecule has 2 aromatic rings. The molecule has 0 aromatic carbocycles. The molecule has 2 aromatic heterocycles. The van der Waals surface area contributed by atoms with Crippen LogP contribution < -0.4 is 0 Å². The van der Waals surface area contributed by atoms with E-state index in [0.717, 1.165) is 22.5 Å². The molecule has 1 atom stereocenters. The van der Waals surface area contributed by atoms with Gasteiger partial charge in [-0.05, 0) is 55.6 Å². The quantitative estimate of drug-likeness (QED) is 0.845. The van der Waals surface area contributed by atoms with Gasteiger partial charge in [0.25, 0.3) is 0 Å². The molecule has 0 aliphatic carbocycles. The molecule has 2 heterocycles. The molecule has 2 N–H and O–H groups in total. The molecule has 0 saturated carbocycles. The monoisotopic (exact) mass is 239 g/mol. The zero-order chi connectivity index (χ0) is 11.9. The van der Waals surface area contributed by atoms with Crippen LogP contribution in [0.2, 0.25) is 5.22 Å². The maximum atomic E-state index is 10.1. The van der Waals surface area contributed by atoms with Crippen LogP contribution in [-0.2, 0) is 0 Å². The van der Waals surface area contributed by atoms with E-state index in [1.807, 2.05) is 20.8 Å². The van der Waals surface area contributed by atoms with Crippen LogP contribution in [-0.4, -0.2) is 10.1 Å². The minimum atomic E-state index is -0.792. The molecular formula is C12H14ClNO2. The van der Waals surface area contributed by atoms with Gasteiger partial charge in [-0.15, -0.1) is 0 Å². The van der Waals surface area contributed by atoms with Crippen molar-refractivity contribution < 1.29 is 9.52 Å². The average Bonchev–Trinajstić information content (AvgIpc) is 2.78. The minimum absolute atomic E-state index is 0.284. The second-order valence-electron chi connectivity index (χ2n) is 3.96. The van der Waals surface area contributed by atoms with Crippen molar-refractivity contribution >= 4 is 11.6 Å². The van der Waals surface area contributed by atoms with Gasteiger partial charge >= 0.3 is 0 Å². The second kappa shape index (κ2) is 4.00. The predicted molar refractivity (Wildman–Crippen MR) is 62.8 cm³/mol. The van der Waals surface area contributed by atoms with Gasteiger partial charge in [-0.3, -0.25) is 0 Å². The molecule has 2 rings (SSSR count). The van der Waals surface area contributed by atoms with Crippen LogP contribution in [0.4, 0.5) is 0 Å². The summed E-state index contributed by atoms with van der Waals surface area (Å²) < 4.78 is 5.20. The summed E-state index contributed by atoms with van der Waals surface area (Å²) in [6.45, 7) is 5.97. The summed E-state index contributed by atoms with van der Waals surface area (Å²) in [5.74, 6) is 0.453. The molecule has 0 aliphatic rings. The lowest BCUT2D eigenvalue weighted by molar-refractivity contribution is 0.185. The van der Waals surface area contributed by atoms with Gasteiger partial charge < -0.3 is 14.5 Å². The Morgan fingerprint density at radius 2 is 1.94 bits per heavy atom. The Hall–Kier alpha value is -1.19. The lowest BCUT2D eigenvalue weighted by Gasteiger charge is -2.07. The normalized spacial score (nSPS) is 13.1. The standard InChI is InChI=1S/C12H14ClNO2/c1-6-7(2)11(14-8(6)3)12(15)9-4-5-10(13)16-9/h4-5,12,14-15H,1-3H3. The number of aromatic nitrogens is 1. The number of nitrogens with one attached hydrogen (secondary N) is 1. The molecule has 0 bridgehead atoms. The first kappa shape index (κ1) is 11.3. The summed E-state index contributed by atoms with van der Waals surface area (Å²) in [6.07, 6.45) is -0.792. The molecule has 0 aliphatic heterocycles. The summed E-state index contributed by atoms with van der Waals surface area (Å²) in [4.78, 5) is 3.17. The number of aromatic amines is 1. The highest BCUT2D eigenvalue weighted by Gasteiger charge is 2.20. The highest BCUT2D eigenvalue weighted by atomic mass is 35.5. The van der Waals surface area contributed by atoms with Crippen molar-refractivity contribution in [1.82, 2.24) is 4.98 Å². The van der Waals surface area contributed by atoms with Gasteiger partial charge in [0.05, 0.1) is 5.69 Å². The van der Waals surface area contributed by atoms with Crippen molar-refractivity contribution in [1.29, 1.82) is 0 Å². The molecule has 3 nitrogen and oxygen atoms in total. The van der Waals surface area contributed by atoms with Gasteiger partial charge in [0, 0.05) is 5.69 Å². The Morgan fingerprint density at radius 3 is 2.38 bits per heavy atom. The van der Waals surface area contributed by atoms with E-state index in [9.17, 15) is 5.11 Å². The van der Waals surface area contributed by atoms with Crippen LogP contribution >= 0.6 is 11.6 Å². The van der Waals surface area contributed by atoms with E-state index in [-0.39, 0.29) is 5.22 Å². The molecule has 1 unspecified atom stereocenters. The van der Waals surface area contributed by atoms with E-state index in [0.29, 0.717) is 5.76 Å². The number of aliphatic hydroxyl groups excluding tert-OH is 1. The lowest BCUT2D eigenvalue weighted by atomic mass is 10.1. The average molecular weight is 240 g/mol. The van der Waals surface area contributed by atoms with E-state index < -0.39 is 6.10 Å². The SMILES string of the molecule is Cc1[nH]c(C(O)c2ccc(Cl)o2)c(C)c1C. The smallest absolute Gasteiger partial charge is 0.193 e. The van der Waals surface area contributed by atoms with E-state index in [1.165, 1.54) is 0 Å². The summed E-state index contributed by atoms with van der Waals surface area (Å²) in [7, 11) is 0. The van der Waals surface area contributed by atoms with Crippen LogP contribution in [0.25, 0.3) is 0 Å². The van der Waals surface area contributed by atoms with Gasteiger partial charge in [-0.2, -0.15) is 0 Å². The Labute approximate surface area is 99.0 Å². The number of aryl methyl sites for hydroxylation is 1. The number of aliphatic hydroxyl groups is 1. The van der Waals surface area contributed by atoms with Crippen LogP contribution in [0.5, 0.6) is 0 Å². The van der Waals surface area contributed by atoms with Crippen LogP contribution in [0.1, 0.15) is 34.4 Å². The van der Waals surface area contributed by atoms with Gasteiger partial charge in [0.2, 0.25) is 0 Å². The second-order valence-corrected chi connectivity index (χ2v) is 4.33. The number of halogens is 1. The minimum Gasteiger partial charge on any atom is -0.447 e. The van der Waals surface area contributed by atoms with Crippen molar-refractivity contribution in [2.45, 2.75) is 26.9 Å². The summed E-state index contributed by atoms with van der Waals surface area (Å²) in [5.41, 5.74) is 4.04. The van der Waals surface area contributed by atoms with Crippen molar-refractivity contribution in [3.63, 3.8) is 0 Å². The number of rotatable bonds is 2. The molecule has 4 heteroatoms. The third kappa shape index (κ3) is 1.77. The molecule has 0 radical (unpaired) electrons. The van der Waals surface area contributed by atoms with E-state index >= 15 is 0 Å². The maximum Gasteiger partial charge on any atom is 0.193 e. The largest absolute Gasteiger partial charge is 0.447 e. The van der Waals surface area contributed by atoms with Gasteiger partial charge in [-0.25, -0.2) is 0 Å². The number of hydrogen-bond acceptors (Lipinski definition) is 2. The molecular weight excluding hydrogens is 226 g/mol. The van der Waals surface area contributed by atoms with Crippen molar-refractivity contribution in [2.24, 2.45) is 0 Å². The van der Waals surface area contributed by atoms with Crippen molar-refractivity contribution in [3.8, 4) is 0 Å². The highest BCUT2D eigenvalue weighted by Crippen LogP contribution is 2.29. The van der Waals surface area contributed by atoms with Crippen LogP contribution in [0.3, 0.4) is 0 Å². The van der Waals surface area contributed by atoms with Gasteiger partial charge in [-0.1, -0.05) is 0 Å². The topological polar surface area (TPSA) is 49.2 Å². The van der Waals surface area contributed by atoms with E-state index in [1.54, 1.807) is 12.1 Å². The summed E-state index contributed by atoms with van der Waals surface area (Å²) in [5, 5.41) is 10.4. The summed E-state index contributed by atoms with van der Waals surface area (Å²) in [6, 6.07) is 3.30. The van der Waals surface area contributed by atoms with Gasteiger partial charge in [0.15, 0.2) is 11.3 Å². The van der Waals surface area contributed by atoms with Crippen molar-refractivity contribution in [3.05, 3.63) is 45.6 Å². The maximum absolute atomic E-state index is 10.1. The highest BCUT2D eigenvalue weighted by molar-refractivity contribution is 6.28. The summed E-state index contributed by atoms with van der Waals surface area (Å²) >= 11 is 5.68. The number of hydrogen-bond donors (Lipinski definition) is 2. The molecule has 86 valence electrons. The molecule has 16 heavy (non-hydrogen) atoms. The first-order valence-electron chi connectivity index (χ1n) is 5.09. The number of furan rings is 1. The third-order valence-corrected chi connectivity index (χ3v) is 3.19. The van der Waals surface area contributed by atoms with E-state index in [2.05, 4.69) is 4.98 Å². The Kier molecular flexibility index (Phi) is 2.82. The Bertz CT molecular complexity index is 513.